The van der Waals surface area contributed by atoms with E-state index < -0.39 is 34.9 Å². The average molecular weight is 686 g/mol. The van der Waals surface area contributed by atoms with Gasteiger partial charge < -0.3 is 19.5 Å². The number of Topliss-reactive ketones (excluding diaryl/α,β-unsaturated/α-hetero) is 1. The first-order valence-corrected chi connectivity index (χ1v) is 16.6. The molecule has 1 N–H and O–H groups in total. The highest BCUT2D eigenvalue weighted by atomic mass is 32.1. The number of halogens is 2. The molecule has 0 fully saturated rings. The minimum atomic E-state index is -0.735. The first kappa shape index (κ1) is 35.2. The molecule has 5 aromatic rings. The monoisotopic (exact) mass is 685 g/mol. The number of nitrogens with zero attached hydrogens (tertiary/aromatic N) is 2. The molecule has 0 saturated heterocycles. The third-order valence-corrected chi connectivity index (χ3v) is 9.37. The van der Waals surface area contributed by atoms with Crippen LogP contribution in [0.4, 0.5) is 20.2 Å². The number of thiophene rings is 1. The van der Waals surface area contributed by atoms with E-state index in [0.29, 0.717) is 27.6 Å². The summed E-state index contributed by atoms with van der Waals surface area (Å²) in [6.07, 6.45) is 1.41. The van der Waals surface area contributed by atoms with Crippen LogP contribution in [0.5, 0.6) is 0 Å². The van der Waals surface area contributed by atoms with Gasteiger partial charge in [0, 0.05) is 43.9 Å². The lowest BCUT2D eigenvalue weighted by Crippen LogP contribution is -2.25. The van der Waals surface area contributed by atoms with Crippen molar-refractivity contribution >= 4 is 50.6 Å². The molecule has 254 valence electrons. The van der Waals surface area contributed by atoms with Gasteiger partial charge in [-0.25, -0.2) is 8.78 Å². The van der Waals surface area contributed by atoms with Gasteiger partial charge in [-0.05, 0) is 35.4 Å². The van der Waals surface area contributed by atoms with Gasteiger partial charge in [0.15, 0.2) is 5.78 Å². The van der Waals surface area contributed by atoms with Crippen LogP contribution in [0.2, 0.25) is 0 Å². The summed E-state index contributed by atoms with van der Waals surface area (Å²) >= 11 is 1.28. The van der Waals surface area contributed by atoms with Crippen molar-refractivity contribution in [1.82, 2.24) is 4.57 Å². The minimum absolute atomic E-state index is 0.0479. The molecule has 0 radical (unpaired) electrons. The van der Waals surface area contributed by atoms with Crippen LogP contribution < -0.4 is 15.6 Å². The van der Waals surface area contributed by atoms with Gasteiger partial charge in [0.1, 0.15) is 23.1 Å². The lowest BCUT2D eigenvalue weighted by atomic mass is 10.00. The standard InChI is InChI=1S/C38H37F2N3O5S/c1-22(2)34(45)29-20-43(19-28-30(39)12-9-13-31(28)40)38-32(35(29)46)33(42(5)18-25-10-7-6-8-11-25)36(49-38)26-14-16-27(17-15-26)41-37(47)23(3)21-48-24(4)44/h6-17,20,22-23H,18-19,21H2,1-5H3,(H,41,47). The van der Waals surface area contributed by atoms with E-state index in [4.69, 9.17) is 4.74 Å². The molecule has 0 aliphatic heterocycles. The van der Waals surface area contributed by atoms with Gasteiger partial charge in [0.25, 0.3) is 0 Å². The molecule has 8 nitrogen and oxygen atoms in total. The zero-order chi connectivity index (χ0) is 35.4. The molecule has 1 amide bonds. The molecule has 0 aliphatic carbocycles. The van der Waals surface area contributed by atoms with Gasteiger partial charge >= 0.3 is 5.97 Å². The van der Waals surface area contributed by atoms with Gasteiger partial charge in [0.2, 0.25) is 11.3 Å². The molecule has 0 aliphatic rings. The normalized spacial score (nSPS) is 11.8. The number of ether oxygens (including phenoxy) is 1. The molecule has 11 heteroatoms. The number of ketones is 1. The Bertz CT molecular complexity index is 2050. The van der Waals surface area contributed by atoms with Gasteiger partial charge in [-0.3, -0.25) is 19.2 Å². The number of carbonyl (C=O) groups excluding carboxylic acids is 3. The Morgan fingerprint density at radius 1 is 0.939 bits per heavy atom. The Hall–Kier alpha value is -5.16. The van der Waals surface area contributed by atoms with E-state index in [1.54, 1.807) is 37.5 Å². The van der Waals surface area contributed by atoms with E-state index in [1.165, 1.54) is 42.7 Å². The quantitative estimate of drug-likeness (QED) is 0.107. The third-order valence-electron chi connectivity index (χ3n) is 8.11. The van der Waals surface area contributed by atoms with E-state index in [-0.39, 0.29) is 41.4 Å². The SMILES string of the molecule is CC(=O)OCC(C)C(=O)Nc1ccc(-c2sc3c(c2N(C)Cc2ccccc2)c(=O)c(C(=O)C(C)C)cn3Cc2c(F)cccc2F)cc1. The summed E-state index contributed by atoms with van der Waals surface area (Å²) in [5.41, 5.74) is 2.10. The zero-order valence-electron chi connectivity index (χ0n) is 27.9. The van der Waals surface area contributed by atoms with Crippen LogP contribution >= 0.6 is 11.3 Å². The van der Waals surface area contributed by atoms with Crippen LogP contribution in [0, 0.1) is 23.5 Å². The van der Waals surface area contributed by atoms with Crippen molar-refractivity contribution in [1.29, 1.82) is 0 Å². The number of pyridine rings is 1. The fourth-order valence-electron chi connectivity index (χ4n) is 5.47. The molecule has 1 atom stereocenters. The molecule has 49 heavy (non-hydrogen) atoms. The molecular formula is C38H37F2N3O5S. The Morgan fingerprint density at radius 3 is 2.20 bits per heavy atom. The number of fused-ring (bicyclic) bond motifs is 1. The van der Waals surface area contributed by atoms with E-state index in [0.717, 1.165) is 11.1 Å². The molecule has 3 aromatic carbocycles. The summed E-state index contributed by atoms with van der Waals surface area (Å²) < 4.78 is 36.4. The summed E-state index contributed by atoms with van der Waals surface area (Å²) in [5, 5.41) is 3.10. The molecule has 1 unspecified atom stereocenters. The highest BCUT2D eigenvalue weighted by molar-refractivity contribution is 7.22. The number of hydrogen-bond donors (Lipinski definition) is 1. The number of aromatic nitrogens is 1. The predicted molar refractivity (Wildman–Crippen MR) is 189 cm³/mol. The zero-order valence-corrected chi connectivity index (χ0v) is 28.7. The molecular weight excluding hydrogens is 648 g/mol. The lowest BCUT2D eigenvalue weighted by Gasteiger charge is -2.21. The number of hydrogen-bond acceptors (Lipinski definition) is 7. The fraction of sp³-hybridized carbons (Fsp3) is 0.263. The number of nitrogens with one attached hydrogen (secondary N) is 1. The van der Waals surface area contributed by atoms with E-state index >= 15 is 0 Å². The summed E-state index contributed by atoms with van der Waals surface area (Å²) in [5.74, 6) is -3.70. The van der Waals surface area contributed by atoms with Crippen LogP contribution in [-0.4, -0.2) is 35.9 Å². The van der Waals surface area contributed by atoms with Crippen molar-refractivity contribution in [3.8, 4) is 10.4 Å². The highest BCUT2D eigenvalue weighted by Gasteiger charge is 2.27. The van der Waals surface area contributed by atoms with E-state index in [1.807, 2.05) is 54.4 Å². The van der Waals surface area contributed by atoms with Crippen LogP contribution in [-0.2, 0) is 27.4 Å². The van der Waals surface area contributed by atoms with Crippen molar-refractivity contribution in [3.05, 3.63) is 118 Å². The number of rotatable bonds is 12. The first-order valence-electron chi connectivity index (χ1n) is 15.8. The number of anilines is 2. The second-order valence-electron chi connectivity index (χ2n) is 12.3. The molecule has 0 saturated carbocycles. The smallest absolute Gasteiger partial charge is 0.302 e. The van der Waals surface area contributed by atoms with Crippen molar-refractivity contribution in [2.24, 2.45) is 11.8 Å². The molecule has 0 spiro atoms. The Morgan fingerprint density at radius 2 is 1.59 bits per heavy atom. The minimum Gasteiger partial charge on any atom is -0.465 e. The number of esters is 1. The maximum absolute atomic E-state index is 14.9. The van der Waals surface area contributed by atoms with Gasteiger partial charge in [-0.1, -0.05) is 69.3 Å². The summed E-state index contributed by atoms with van der Waals surface area (Å²) in [6, 6.07) is 20.4. The molecule has 2 aromatic heterocycles. The maximum atomic E-state index is 14.9. The second kappa shape index (κ2) is 14.9. The number of amides is 1. The van der Waals surface area contributed by atoms with Crippen molar-refractivity contribution in [3.63, 3.8) is 0 Å². The fourth-order valence-corrected chi connectivity index (χ4v) is 6.80. The lowest BCUT2D eigenvalue weighted by molar-refractivity contribution is -0.143. The summed E-state index contributed by atoms with van der Waals surface area (Å²) in [6.45, 7) is 6.47. The summed E-state index contributed by atoms with van der Waals surface area (Å²) in [7, 11) is 1.86. The van der Waals surface area contributed by atoms with Gasteiger partial charge in [-0.2, -0.15) is 0 Å². The molecule has 2 heterocycles. The topological polar surface area (TPSA) is 97.7 Å². The Balaban J connectivity index is 1.67. The van der Waals surface area contributed by atoms with Crippen molar-refractivity contribution in [2.75, 3.05) is 23.9 Å². The maximum Gasteiger partial charge on any atom is 0.302 e. The highest BCUT2D eigenvalue weighted by Crippen LogP contribution is 2.44. The third kappa shape index (κ3) is 7.78. The van der Waals surface area contributed by atoms with Crippen molar-refractivity contribution < 1.29 is 27.9 Å². The first-order chi connectivity index (χ1) is 23.3. The number of benzene rings is 3. The van der Waals surface area contributed by atoms with E-state index in [2.05, 4.69) is 5.32 Å². The van der Waals surface area contributed by atoms with Crippen molar-refractivity contribution in [2.45, 2.75) is 40.8 Å². The van der Waals surface area contributed by atoms with Crippen LogP contribution in [0.1, 0.15) is 49.2 Å². The summed E-state index contributed by atoms with van der Waals surface area (Å²) in [4.78, 5) is 54.7. The van der Waals surface area contributed by atoms with Gasteiger partial charge in [0.05, 0.1) is 34.0 Å². The van der Waals surface area contributed by atoms with Crippen LogP contribution in [0.15, 0.2) is 83.8 Å². The number of carbonyl (C=O) groups is 3. The Kier molecular flexibility index (Phi) is 10.7. The van der Waals surface area contributed by atoms with Crippen LogP contribution in [0.3, 0.4) is 0 Å². The van der Waals surface area contributed by atoms with Crippen LogP contribution in [0.25, 0.3) is 20.7 Å². The van der Waals surface area contributed by atoms with E-state index in [9.17, 15) is 28.0 Å². The average Bonchev–Trinajstić information content (AvgIpc) is 3.48. The Labute approximate surface area is 286 Å². The van der Waals surface area contributed by atoms with Gasteiger partial charge in [-0.15, -0.1) is 11.3 Å². The molecule has 0 bridgehead atoms. The molecule has 5 rings (SSSR count). The largest absolute Gasteiger partial charge is 0.465 e. The predicted octanol–water partition coefficient (Wildman–Crippen LogP) is 7.67. The second-order valence-corrected chi connectivity index (χ2v) is 13.3.